The van der Waals surface area contributed by atoms with Crippen LogP contribution in [0.1, 0.15) is 24.8 Å². The molecule has 0 aliphatic carbocycles. The Kier molecular flexibility index (Phi) is 4.51. The first-order valence-corrected chi connectivity index (χ1v) is 6.33. The van der Waals surface area contributed by atoms with Gasteiger partial charge < -0.3 is 4.90 Å². The molecule has 1 saturated heterocycles. The van der Waals surface area contributed by atoms with Crippen LogP contribution in [0, 0.1) is 11.3 Å². The number of anilines is 1. The van der Waals surface area contributed by atoms with Crippen LogP contribution in [0.2, 0.25) is 0 Å². The van der Waals surface area contributed by atoms with Crippen molar-refractivity contribution in [2.45, 2.75) is 19.3 Å². The molecule has 1 N–H and O–H groups in total. The molecule has 98 valence electrons. The van der Waals surface area contributed by atoms with Crippen LogP contribution < -0.4 is 10.3 Å². The third-order valence-electron chi connectivity index (χ3n) is 3.01. The van der Waals surface area contributed by atoms with Crippen molar-refractivity contribution < 1.29 is 4.79 Å². The van der Waals surface area contributed by atoms with Gasteiger partial charge in [0.05, 0.1) is 12.3 Å². The molecule has 0 unspecified atom stereocenters. The fraction of sp³-hybridized carbons (Fsp3) is 0.357. The third kappa shape index (κ3) is 3.81. The molecule has 1 aliphatic rings. The lowest BCUT2D eigenvalue weighted by molar-refractivity contribution is -0.120. The van der Waals surface area contributed by atoms with E-state index in [1.165, 1.54) is 18.5 Å². The highest BCUT2D eigenvalue weighted by atomic mass is 16.2. The smallest absolute Gasteiger partial charge is 0.254 e. The molecular formula is C14H16N4O. The van der Waals surface area contributed by atoms with E-state index in [1.54, 1.807) is 12.3 Å². The van der Waals surface area contributed by atoms with E-state index in [-0.39, 0.29) is 6.42 Å². The summed E-state index contributed by atoms with van der Waals surface area (Å²) in [5.74, 6) is -0.396. The minimum absolute atomic E-state index is 0.175. The number of nitrogens with one attached hydrogen (secondary N) is 1. The zero-order valence-corrected chi connectivity index (χ0v) is 10.7. The van der Waals surface area contributed by atoms with Gasteiger partial charge in [0.25, 0.3) is 5.91 Å². The van der Waals surface area contributed by atoms with E-state index in [2.05, 4.69) is 27.6 Å². The molecule has 5 nitrogen and oxygen atoms in total. The maximum Gasteiger partial charge on any atom is 0.254 e. The van der Waals surface area contributed by atoms with E-state index < -0.39 is 5.91 Å². The normalized spacial score (nSPS) is 14.6. The van der Waals surface area contributed by atoms with Crippen molar-refractivity contribution in [3.8, 4) is 6.07 Å². The van der Waals surface area contributed by atoms with Crippen LogP contribution in [0.4, 0.5) is 5.69 Å². The van der Waals surface area contributed by atoms with Gasteiger partial charge in [-0.1, -0.05) is 12.1 Å². The Morgan fingerprint density at radius 2 is 2.05 bits per heavy atom. The quantitative estimate of drug-likeness (QED) is 0.658. The zero-order chi connectivity index (χ0) is 13.5. The van der Waals surface area contributed by atoms with Crippen molar-refractivity contribution in [3.63, 3.8) is 0 Å². The molecule has 19 heavy (non-hydrogen) atoms. The van der Waals surface area contributed by atoms with Crippen molar-refractivity contribution in [2.75, 3.05) is 18.0 Å². The maximum atomic E-state index is 11.0. The molecule has 1 amide bonds. The third-order valence-corrected chi connectivity index (χ3v) is 3.01. The van der Waals surface area contributed by atoms with Crippen molar-refractivity contribution >= 4 is 17.8 Å². The van der Waals surface area contributed by atoms with Gasteiger partial charge in [-0.15, -0.1) is 0 Å². The van der Waals surface area contributed by atoms with Crippen molar-refractivity contribution in [1.29, 1.82) is 5.26 Å². The first-order valence-electron chi connectivity index (χ1n) is 6.33. The lowest BCUT2D eigenvalue weighted by Crippen LogP contribution is -2.17. The van der Waals surface area contributed by atoms with E-state index in [0.717, 1.165) is 18.7 Å². The van der Waals surface area contributed by atoms with Gasteiger partial charge in [0.2, 0.25) is 0 Å². The molecular weight excluding hydrogens is 240 g/mol. The molecule has 0 saturated carbocycles. The van der Waals surface area contributed by atoms with Gasteiger partial charge in [-0.25, -0.2) is 5.43 Å². The lowest BCUT2D eigenvalue weighted by atomic mass is 10.2. The van der Waals surface area contributed by atoms with Crippen LogP contribution in [-0.4, -0.2) is 25.2 Å². The fourth-order valence-corrected chi connectivity index (χ4v) is 2.04. The summed E-state index contributed by atoms with van der Waals surface area (Å²) in [6.45, 7) is 2.25. The van der Waals surface area contributed by atoms with Crippen molar-refractivity contribution in [2.24, 2.45) is 5.10 Å². The molecule has 2 rings (SSSR count). The van der Waals surface area contributed by atoms with Crippen LogP contribution in [0.15, 0.2) is 29.4 Å². The van der Waals surface area contributed by atoms with Gasteiger partial charge in [0.1, 0.15) is 6.42 Å². The highest BCUT2D eigenvalue weighted by Crippen LogP contribution is 2.19. The van der Waals surface area contributed by atoms with E-state index in [0.29, 0.717) is 0 Å². The number of benzene rings is 1. The van der Waals surface area contributed by atoms with Crippen LogP contribution in [0.25, 0.3) is 0 Å². The van der Waals surface area contributed by atoms with E-state index in [4.69, 9.17) is 5.26 Å². The van der Waals surface area contributed by atoms with E-state index >= 15 is 0 Å². The second-order valence-corrected chi connectivity index (χ2v) is 4.41. The topological polar surface area (TPSA) is 68.5 Å². The molecule has 0 spiro atoms. The summed E-state index contributed by atoms with van der Waals surface area (Å²) in [4.78, 5) is 13.4. The summed E-state index contributed by atoms with van der Waals surface area (Å²) in [5.41, 5.74) is 4.44. The average molecular weight is 256 g/mol. The summed E-state index contributed by atoms with van der Waals surface area (Å²) in [7, 11) is 0. The summed E-state index contributed by atoms with van der Waals surface area (Å²) in [5, 5.41) is 12.1. The van der Waals surface area contributed by atoms with Gasteiger partial charge in [0.15, 0.2) is 0 Å². The van der Waals surface area contributed by atoms with Gasteiger partial charge in [-0.2, -0.15) is 10.4 Å². The van der Waals surface area contributed by atoms with Crippen molar-refractivity contribution in [3.05, 3.63) is 29.8 Å². The molecule has 0 atom stereocenters. The second-order valence-electron chi connectivity index (χ2n) is 4.41. The molecule has 0 radical (unpaired) electrons. The van der Waals surface area contributed by atoms with Gasteiger partial charge in [-0.3, -0.25) is 4.79 Å². The lowest BCUT2D eigenvalue weighted by Gasteiger charge is -2.17. The van der Waals surface area contributed by atoms with Crippen LogP contribution in [0.5, 0.6) is 0 Å². The molecule has 1 heterocycles. The summed E-state index contributed by atoms with van der Waals surface area (Å²) < 4.78 is 0. The Morgan fingerprint density at radius 1 is 1.37 bits per heavy atom. The van der Waals surface area contributed by atoms with E-state index in [9.17, 15) is 4.79 Å². The molecule has 5 heteroatoms. The number of amides is 1. The number of carbonyl (C=O) groups is 1. The number of hydrogen-bond acceptors (Lipinski definition) is 4. The molecule has 1 aromatic rings. The highest BCUT2D eigenvalue weighted by Gasteiger charge is 2.11. The Hall–Kier alpha value is -2.35. The molecule has 0 bridgehead atoms. The monoisotopic (exact) mass is 256 g/mol. The number of carbonyl (C=O) groups excluding carboxylic acids is 1. The maximum absolute atomic E-state index is 11.0. The average Bonchev–Trinajstić information content (AvgIpc) is 2.94. The fourth-order valence-electron chi connectivity index (χ4n) is 2.04. The zero-order valence-electron chi connectivity index (χ0n) is 10.7. The van der Waals surface area contributed by atoms with Crippen LogP contribution in [-0.2, 0) is 4.79 Å². The summed E-state index contributed by atoms with van der Waals surface area (Å²) in [6, 6.07) is 9.81. The predicted octanol–water partition coefficient (Wildman–Crippen LogP) is 1.65. The molecule has 1 aromatic carbocycles. The summed E-state index contributed by atoms with van der Waals surface area (Å²) >= 11 is 0. The van der Waals surface area contributed by atoms with Crippen LogP contribution >= 0.6 is 0 Å². The highest BCUT2D eigenvalue weighted by molar-refractivity contribution is 5.83. The molecule has 0 aromatic heterocycles. The number of hydrazone groups is 1. The standard InChI is InChI=1S/C14H16N4O/c15-8-7-14(19)17-16-11-12-3-5-13(6-4-12)18-9-1-2-10-18/h3-6,11H,1-2,7,9-10H2,(H,17,19)/b16-11+. The van der Waals surface area contributed by atoms with Crippen LogP contribution in [0.3, 0.4) is 0 Å². The predicted molar refractivity (Wildman–Crippen MR) is 73.9 cm³/mol. The minimum atomic E-state index is -0.396. The largest absolute Gasteiger partial charge is 0.372 e. The molecule has 1 aliphatic heterocycles. The molecule has 1 fully saturated rings. The van der Waals surface area contributed by atoms with Gasteiger partial charge in [-0.05, 0) is 30.5 Å². The van der Waals surface area contributed by atoms with E-state index in [1.807, 2.05) is 12.1 Å². The first-order chi connectivity index (χ1) is 9.29. The number of rotatable bonds is 4. The Morgan fingerprint density at radius 3 is 2.68 bits per heavy atom. The van der Waals surface area contributed by atoms with Gasteiger partial charge in [0, 0.05) is 18.8 Å². The summed E-state index contributed by atoms with van der Waals surface area (Å²) in [6.07, 6.45) is 3.91. The Bertz CT molecular complexity index is 495. The number of hydrogen-bond donors (Lipinski definition) is 1. The first kappa shape index (κ1) is 13.1. The van der Waals surface area contributed by atoms with Crippen molar-refractivity contribution in [1.82, 2.24) is 5.43 Å². The minimum Gasteiger partial charge on any atom is -0.372 e. The van der Waals surface area contributed by atoms with Gasteiger partial charge >= 0.3 is 0 Å². The Labute approximate surface area is 112 Å². The SMILES string of the molecule is N#CCC(=O)N/N=C/c1ccc(N2CCCC2)cc1. The Balaban J connectivity index is 1.89. The number of nitrogens with zero attached hydrogens (tertiary/aromatic N) is 3. The second kappa shape index (κ2) is 6.55. The number of nitriles is 1.